The highest BCUT2D eigenvalue weighted by Crippen LogP contribution is 2.23. The van der Waals surface area contributed by atoms with Gasteiger partial charge in [-0.1, -0.05) is 12.1 Å². The maximum Gasteiger partial charge on any atom is 0.242 e. The van der Waals surface area contributed by atoms with Crippen LogP contribution in [0.2, 0.25) is 0 Å². The fourth-order valence-electron chi connectivity index (χ4n) is 2.11. The number of hydrogen-bond donors (Lipinski definition) is 1. The summed E-state index contributed by atoms with van der Waals surface area (Å²) in [6.07, 6.45) is 4.91. The highest BCUT2D eigenvalue weighted by molar-refractivity contribution is 7.89. The summed E-state index contributed by atoms with van der Waals surface area (Å²) >= 11 is 0. The van der Waals surface area contributed by atoms with E-state index in [2.05, 4.69) is 0 Å². The molecule has 23 heavy (non-hydrogen) atoms. The maximum absolute atomic E-state index is 13.4. The van der Waals surface area contributed by atoms with Crippen LogP contribution in [-0.4, -0.2) is 37.9 Å². The van der Waals surface area contributed by atoms with E-state index in [1.54, 1.807) is 41.2 Å². The molecule has 124 valence electrons. The number of hydrogen-bond acceptors (Lipinski definition) is 3. The van der Waals surface area contributed by atoms with Crippen LogP contribution in [0, 0.1) is 0 Å². The minimum Gasteiger partial charge on any atom is -0.347 e. The number of halogens is 1. The lowest BCUT2D eigenvalue weighted by Gasteiger charge is -2.11. The van der Waals surface area contributed by atoms with Crippen LogP contribution in [0.25, 0.3) is 11.1 Å². The minimum atomic E-state index is -3.43. The van der Waals surface area contributed by atoms with Gasteiger partial charge in [-0.2, -0.15) is 0 Å². The zero-order chi connectivity index (χ0) is 17.0. The molecule has 1 heterocycles. The lowest BCUT2D eigenvalue weighted by molar-refractivity contribution is 0.521. The summed E-state index contributed by atoms with van der Waals surface area (Å²) in [5.74, 6) is -0.290. The van der Waals surface area contributed by atoms with Crippen molar-refractivity contribution in [2.24, 2.45) is 5.73 Å². The fraction of sp³-hybridized carbons (Fsp3) is 0.250. The van der Waals surface area contributed by atoms with E-state index in [0.29, 0.717) is 0 Å². The van der Waals surface area contributed by atoms with Crippen molar-refractivity contribution in [1.82, 2.24) is 8.87 Å². The molecule has 7 heteroatoms. The Morgan fingerprint density at radius 3 is 2.43 bits per heavy atom. The first-order valence-corrected chi connectivity index (χ1v) is 8.52. The van der Waals surface area contributed by atoms with Crippen LogP contribution in [0.1, 0.15) is 0 Å². The standard InChI is InChI=1S/C16H20FN3O2S/c1-19(2)23(21,22)16-5-3-13(4-6-16)14-8-10-20(11-14)12-15(17)7-9-18/h3-8,10-11H,9,12,18H2,1-2H3. The van der Waals surface area contributed by atoms with Crippen molar-refractivity contribution in [3.05, 3.63) is 54.6 Å². The summed E-state index contributed by atoms with van der Waals surface area (Å²) in [6, 6.07) is 8.46. The summed E-state index contributed by atoms with van der Waals surface area (Å²) in [4.78, 5) is 0.239. The summed E-state index contributed by atoms with van der Waals surface area (Å²) < 4.78 is 40.4. The second-order valence-corrected chi connectivity index (χ2v) is 7.42. The van der Waals surface area contributed by atoms with Crippen molar-refractivity contribution in [3.63, 3.8) is 0 Å². The van der Waals surface area contributed by atoms with Gasteiger partial charge in [-0.05, 0) is 35.4 Å². The molecule has 0 aliphatic carbocycles. The molecule has 0 spiro atoms. The number of nitrogens with two attached hydrogens (primary N) is 1. The summed E-state index contributed by atoms with van der Waals surface area (Å²) in [6.45, 7) is 0.298. The first-order chi connectivity index (χ1) is 10.8. The molecule has 2 aromatic rings. The molecule has 0 bridgehead atoms. The van der Waals surface area contributed by atoms with Crippen molar-refractivity contribution < 1.29 is 12.8 Å². The van der Waals surface area contributed by atoms with Crippen molar-refractivity contribution in [3.8, 4) is 11.1 Å². The van der Waals surface area contributed by atoms with E-state index in [9.17, 15) is 12.8 Å². The Hall–Kier alpha value is -1.96. The Balaban J connectivity index is 2.21. The molecule has 1 aromatic heterocycles. The topological polar surface area (TPSA) is 68.3 Å². The quantitative estimate of drug-likeness (QED) is 0.879. The third-order valence-corrected chi connectivity index (χ3v) is 5.22. The Labute approximate surface area is 135 Å². The Bertz CT molecular complexity index is 793. The molecule has 0 aliphatic rings. The van der Waals surface area contributed by atoms with E-state index in [1.807, 2.05) is 6.07 Å². The number of benzene rings is 1. The highest BCUT2D eigenvalue weighted by Gasteiger charge is 2.16. The minimum absolute atomic E-state index is 0.129. The van der Waals surface area contributed by atoms with Crippen LogP contribution >= 0.6 is 0 Å². The van der Waals surface area contributed by atoms with Crippen LogP contribution in [0.4, 0.5) is 4.39 Å². The number of allylic oxidation sites excluding steroid dienone is 1. The number of aromatic nitrogens is 1. The largest absolute Gasteiger partial charge is 0.347 e. The molecular formula is C16H20FN3O2S. The molecule has 0 fully saturated rings. The molecular weight excluding hydrogens is 317 g/mol. The number of nitrogens with zero attached hydrogens (tertiary/aromatic N) is 2. The van der Waals surface area contributed by atoms with Gasteiger partial charge in [-0.3, -0.25) is 0 Å². The van der Waals surface area contributed by atoms with Crippen molar-refractivity contribution in [1.29, 1.82) is 0 Å². The number of sulfonamides is 1. The molecule has 5 nitrogen and oxygen atoms in total. The van der Waals surface area contributed by atoms with E-state index in [-0.39, 0.29) is 23.8 Å². The highest BCUT2D eigenvalue weighted by atomic mass is 32.2. The first kappa shape index (κ1) is 17.4. The Morgan fingerprint density at radius 2 is 1.87 bits per heavy atom. The molecule has 0 amide bonds. The van der Waals surface area contributed by atoms with E-state index < -0.39 is 10.0 Å². The third-order valence-electron chi connectivity index (χ3n) is 3.39. The molecule has 0 saturated heterocycles. The van der Waals surface area contributed by atoms with Crippen LogP contribution in [0.15, 0.2) is 59.5 Å². The summed E-state index contributed by atoms with van der Waals surface area (Å²) in [5, 5.41) is 0. The van der Waals surface area contributed by atoms with Gasteiger partial charge in [0.25, 0.3) is 0 Å². The van der Waals surface area contributed by atoms with Gasteiger partial charge in [0.2, 0.25) is 10.0 Å². The zero-order valence-corrected chi connectivity index (χ0v) is 13.9. The van der Waals surface area contributed by atoms with Gasteiger partial charge >= 0.3 is 0 Å². The normalized spacial score (nSPS) is 12.8. The smallest absolute Gasteiger partial charge is 0.242 e. The lowest BCUT2D eigenvalue weighted by atomic mass is 10.1. The van der Waals surface area contributed by atoms with Crippen LogP contribution in [0.3, 0.4) is 0 Å². The van der Waals surface area contributed by atoms with Crippen molar-refractivity contribution >= 4 is 10.0 Å². The van der Waals surface area contributed by atoms with Crippen LogP contribution in [0.5, 0.6) is 0 Å². The molecule has 2 rings (SSSR count). The molecule has 0 radical (unpaired) electrons. The predicted octanol–water partition coefficient (Wildman–Crippen LogP) is 2.22. The molecule has 1 aromatic carbocycles. The Kier molecular flexibility index (Phi) is 5.35. The zero-order valence-electron chi connectivity index (χ0n) is 13.1. The second-order valence-electron chi connectivity index (χ2n) is 5.27. The molecule has 2 N–H and O–H groups in total. The predicted molar refractivity (Wildman–Crippen MR) is 89.0 cm³/mol. The molecule has 0 unspecified atom stereocenters. The lowest BCUT2D eigenvalue weighted by Crippen LogP contribution is -2.22. The van der Waals surface area contributed by atoms with E-state index >= 15 is 0 Å². The monoisotopic (exact) mass is 337 g/mol. The van der Waals surface area contributed by atoms with E-state index in [1.165, 1.54) is 24.5 Å². The van der Waals surface area contributed by atoms with Gasteiger partial charge in [0.1, 0.15) is 5.83 Å². The summed E-state index contributed by atoms with van der Waals surface area (Å²) in [7, 11) is -0.448. The molecule has 0 aliphatic heterocycles. The average molecular weight is 337 g/mol. The van der Waals surface area contributed by atoms with E-state index in [4.69, 9.17) is 5.73 Å². The van der Waals surface area contributed by atoms with Gasteiger partial charge in [0.15, 0.2) is 0 Å². The Morgan fingerprint density at radius 1 is 1.22 bits per heavy atom. The molecule has 0 atom stereocenters. The SMILES string of the molecule is CN(C)S(=O)(=O)c1ccc(-c2ccn(CC(F)=CCN)c2)cc1. The van der Waals surface area contributed by atoms with Crippen molar-refractivity contribution in [2.45, 2.75) is 11.4 Å². The van der Waals surface area contributed by atoms with Crippen LogP contribution in [-0.2, 0) is 16.6 Å². The second kappa shape index (κ2) is 7.08. The van der Waals surface area contributed by atoms with Crippen LogP contribution < -0.4 is 5.73 Å². The first-order valence-electron chi connectivity index (χ1n) is 7.08. The van der Waals surface area contributed by atoms with Crippen molar-refractivity contribution in [2.75, 3.05) is 20.6 Å². The van der Waals surface area contributed by atoms with Gasteiger partial charge in [0.05, 0.1) is 11.4 Å². The molecule has 0 saturated carbocycles. The average Bonchev–Trinajstić information content (AvgIpc) is 2.96. The maximum atomic E-state index is 13.4. The van der Waals surface area contributed by atoms with Gasteiger partial charge in [0, 0.05) is 33.0 Å². The summed E-state index contributed by atoms with van der Waals surface area (Å²) in [5.41, 5.74) is 7.03. The van der Waals surface area contributed by atoms with Gasteiger partial charge in [-0.15, -0.1) is 0 Å². The van der Waals surface area contributed by atoms with Gasteiger partial charge in [-0.25, -0.2) is 17.1 Å². The number of rotatable bonds is 6. The fourth-order valence-corrected chi connectivity index (χ4v) is 3.01. The third kappa shape index (κ3) is 4.07. The van der Waals surface area contributed by atoms with Gasteiger partial charge < -0.3 is 10.3 Å². The van der Waals surface area contributed by atoms with E-state index in [0.717, 1.165) is 11.1 Å².